The summed E-state index contributed by atoms with van der Waals surface area (Å²) in [6.45, 7) is 1.21. The monoisotopic (exact) mass is 205 g/mol. The molecule has 1 saturated carbocycles. The van der Waals surface area contributed by atoms with Gasteiger partial charge in [0.15, 0.2) is 0 Å². The van der Waals surface area contributed by atoms with Crippen molar-refractivity contribution in [2.75, 3.05) is 27.2 Å². The summed E-state index contributed by atoms with van der Waals surface area (Å²) in [5, 5.41) is 0. The van der Waals surface area contributed by atoms with Gasteiger partial charge >= 0.3 is 0 Å². The van der Waals surface area contributed by atoms with Gasteiger partial charge in [-0.05, 0) is 11.8 Å². The quantitative estimate of drug-likeness (QED) is 0.608. The Kier molecular flexibility index (Phi) is 1.92. The molecule has 2 N–H and O–H groups in total. The van der Waals surface area contributed by atoms with Gasteiger partial charge in [0.25, 0.3) is 10.2 Å². The fourth-order valence-corrected chi connectivity index (χ4v) is 3.14. The first kappa shape index (κ1) is 9.39. The third-order valence-corrected chi connectivity index (χ3v) is 4.89. The minimum absolute atomic E-state index is 0.244. The van der Waals surface area contributed by atoms with Crippen LogP contribution in [0.4, 0.5) is 0 Å². The standard InChI is InChI=1S/C7H15N3O2S/c1-9(2)13(11,12)10-3-5-6(4-10)7(5)8/h5-7H,3-4,8H2,1-2H3/t5-,6-/m1/s1. The zero-order valence-corrected chi connectivity index (χ0v) is 8.66. The van der Waals surface area contributed by atoms with E-state index in [1.54, 1.807) is 14.1 Å². The van der Waals surface area contributed by atoms with E-state index < -0.39 is 10.2 Å². The predicted molar refractivity (Wildman–Crippen MR) is 49.1 cm³/mol. The molecule has 2 rings (SSSR count). The lowest BCUT2D eigenvalue weighted by molar-refractivity contribution is 0.391. The Balaban J connectivity index is 2.06. The first-order valence-corrected chi connectivity index (χ1v) is 5.77. The van der Waals surface area contributed by atoms with Crippen LogP contribution in [0.15, 0.2) is 0 Å². The van der Waals surface area contributed by atoms with E-state index in [0.717, 1.165) is 0 Å². The maximum atomic E-state index is 11.6. The molecule has 2 fully saturated rings. The van der Waals surface area contributed by atoms with Crippen LogP contribution in [0.5, 0.6) is 0 Å². The van der Waals surface area contributed by atoms with Crippen molar-refractivity contribution in [3.05, 3.63) is 0 Å². The second kappa shape index (κ2) is 2.66. The number of nitrogens with zero attached hydrogens (tertiary/aromatic N) is 2. The molecule has 0 aromatic rings. The van der Waals surface area contributed by atoms with Gasteiger partial charge in [0.05, 0.1) is 0 Å². The normalized spacial score (nSPS) is 39.5. The number of hydrogen-bond acceptors (Lipinski definition) is 3. The lowest BCUT2D eigenvalue weighted by Crippen LogP contribution is -2.41. The number of hydrogen-bond donors (Lipinski definition) is 1. The van der Waals surface area contributed by atoms with E-state index >= 15 is 0 Å². The van der Waals surface area contributed by atoms with Gasteiger partial charge in [0.1, 0.15) is 0 Å². The van der Waals surface area contributed by atoms with Crippen molar-refractivity contribution in [1.29, 1.82) is 0 Å². The molecule has 5 nitrogen and oxygen atoms in total. The van der Waals surface area contributed by atoms with Gasteiger partial charge in [-0.2, -0.15) is 17.0 Å². The van der Waals surface area contributed by atoms with Crippen LogP contribution < -0.4 is 5.73 Å². The first-order valence-electron chi connectivity index (χ1n) is 4.38. The molecule has 6 heteroatoms. The molecule has 0 aromatic carbocycles. The number of fused-ring (bicyclic) bond motifs is 1. The molecule has 0 spiro atoms. The molecule has 1 heterocycles. The molecule has 1 aliphatic carbocycles. The van der Waals surface area contributed by atoms with Crippen LogP contribution in [0.25, 0.3) is 0 Å². The number of nitrogens with two attached hydrogens (primary N) is 1. The Morgan fingerprint density at radius 3 is 2.15 bits per heavy atom. The Hall–Kier alpha value is -0.170. The van der Waals surface area contributed by atoms with Gasteiger partial charge in [-0.15, -0.1) is 0 Å². The minimum atomic E-state index is -3.19. The van der Waals surface area contributed by atoms with Crippen molar-refractivity contribution in [2.45, 2.75) is 6.04 Å². The summed E-state index contributed by atoms with van der Waals surface area (Å²) in [7, 11) is -0.0819. The van der Waals surface area contributed by atoms with Crippen LogP contribution in [-0.4, -0.2) is 50.3 Å². The van der Waals surface area contributed by atoms with Crippen LogP contribution in [0, 0.1) is 11.8 Å². The number of piperidine rings is 1. The zero-order valence-electron chi connectivity index (χ0n) is 7.84. The van der Waals surface area contributed by atoms with Crippen LogP contribution >= 0.6 is 0 Å². The molecular formula is C7H15N3O2S. The van der Waals surface area contributed by atoms with Crippen molar-refractivity contribution >= 4 is 10.2 Å². The van der Waals surface area contributed by atoms with E-state index in [1.165, 1.54) is 8.61 Å². The Bertz CT molecular complexity index is 302. The highest BCUT2D eigenvalue weighted by Crippen LogP contribution is 2.44. The molecule has 2 atom stereocenters. The molecule has 13 heavy (non-hydrogen) atoms. The van der Waals surface area contributed by atoms with E-state index in [1.807, 2.05) is 0 Å². The third-order valence-electron chi connectivity index (χ3n) is 3.01. The summed E-state index contributed by atoms with van der Waals surface area (Å²) in [4.78, 5) is 0. The molecule has 1 saturated heterocycles. The average molecular weight is 205 g/mol. The molecule has 0 aromatic heterocycles. The van der Waals surface area contributed by atoms with Crippen LogP contribution in [-0.2, 0) is 10.2 Å². The molecule has 76 valence electrons. The fourth-order valence-electron chi connectivity index (χ4n) is 1.95. The lowest BCUT2D eigenvalue weighted by atomic mass is 10.4. The average Bonchev–Trinajstić information content (AvgIpc) is 2.50. The molecule has 0 unspecified atom stereocenters. The Morgan fingerprint density at radius 2 is 1.77 bits per heavy atom. The van der Waals surface area contributed by atoms with Gasteiger partial charge < -0.3 is 5.73 Å². The molecule has 0 amide bonds. The molecule has 2 aliphatic rings. The second-order valence-corrected chi connectivity index (χ2v) is 6.15. The zero-order chi connectivity index (χ0) is 9.80. The summed E-state index contributed by atoms with van der Waals surface area (Å²) in [5.41, 5.74) is 5.72. The van der Waals surface area contributed by atoms with Crippen molar-refractivity contribution in [3.63, 3.8) is 0 Å². The van der Waals surface area contributed by atoms with Crippen molar-refractivity contribution in [1.82, 2.24) is 8.61 Å². The van der Waals surface area contributed by atoms with Crippen molar-refractivity contribution < 1.29 is 8.42 Å². The predicted octanol–water partition coefficient (Wildman–Crippen LogP) is -1.32. The van der Waals surface area contributed by atoms with Gasteiger partial charge in [-0.1, -0.05) is 0 Å². The summed E-state index contributed by atoms with van der Waals surface area (Å²) in [5.74, 6) is 0.824. The fraction of sp³-hybridized carbons (Fsp3) is 1.00. The molecular weight excluding hydrogens is 190 g/mol. The van der Waals surface area contributed by atoms with Gasteiger partial charge in [0, 0.05) is 33.2 Å². The molecule has 1 aliphatic heterocycles. The van der Waals surface area contributed by atoms with Crippen molar-refractivity contribution in [3.8, 4) is 0 Å². The van der Waals surface area contributed by atoms with E-state index in [2.05, 4.69) is 0 Å². The van der Waals surface area contributed by atoms with Gasteiger partial charge in [-0.25, -0.2) is 0 Å². The first-order chi connectivity index (χ1) is 5.94. The van der Waals surface area contributed by atoms with Crippen LogP contribution in [0.2, 0.25) is 0 Å². The van der Waals surface area contributed by atoms with E-state index in [4.69, 9.17) is 5.73 Å². The highest BCUT2D eigenvalue weighted by Gasteiger charge is 2.56. The SMILES string of the molecule is CN(C)S(=O)(=O)N1C[C@H]2C(N)[C@@H]2C1. The summed E-state index contributed by atoms with van der Waals surface area (Å²) < 4.78 is 26.0. The highest BCUT2D eigenvalue weighted by atomic mass is 32.2. The number of rotatable bonds is 2. The Morgan fingerprint density at radius 1 is 1.31 bits per heavy atom. The maximum absolute atomic E-state index is 11.6. The summed E-state index contributed by atoms with van der Waals surface area (Å²) >= 11 is 0. The Labute approximate surface area is 78.7 Å². The topological polar surface area (TPSA) is 66.6 Å². The van der Waals surface area contributed by atoms with Gasteiger partial charge in [-0.3, -0.25) is 0 Å². The maximum Gasteiger partial charge on any atom is 0.281 e. The summed E-state index contributed by atoms with van der Waals surface area (Å²) in [6, 6.07) is 0.244. The van der Waals surface area contributed by atoms with E-state index in [0.29, 0.717) is 24.9 Å². The largest absolute Gasteiger partial charge is 0.327 e. The van der Waals surface area contributed by atoms with E-state index in [-0.39, 0.29) is 6.04 Å². The molecule has 0 bridgehead atoms. The smallest absolute Gasteiger partial charge is 0.281 e. The summed E-state index contributed by atoms with van der Waals surface area (Å²) in [6.07, 6.45) is 0. The second-order valence-electron chi connectivity index (χ2n) is 4.01. The van der Waals surface area contributed by atoms with Crippen molar-refractivity contribution in [2.24, 2.45) is 17.6 Å². The molecule has 0 radical (unpaired) electrons. The van der Waals surface area contributed by atoms with Crippen LogP contribution in [0.3, 0.4) is 0 Å². The third kappa shape index (κ3) is 1.28. The van der Waals surface area contributed by atoms with E-state index in [9.17, 15) is 8.42 Å². The lowest BCUT2D eigenvalue weighted by Gasteiger charge is -2.22. The van der Waals surface area contributed by atoms with Crippen LogP contribution in [0.1, 0.15) is 0 Å². The minimum Gasteiger partial charge on any atom is -0.327 e. The van der Waals surface area contributed by atoms with Gasteiger partial charge in [0.2, 0.25) is 0 Å². The highest BCUT2D eigenvalue weighted by molar-refractivity contribution is 7.86.